The second kappa shape index (κ2) is 5.63. The van der Waals surface area contributed by atoms with Crippen molar-refractivity contribution in [3.05, 3.63) is 0 Å². The van der Waals surface area contributed by atoms with Gasteiger partial charge in [0, 0.05) is 12.8 Å². The molecule has 0 saturated carbocycles. The zero-order valence-electron chi connectivity index (χ0n) is 9.62. The Bertz CT molecular complexity index is 298. The third kappa shape index (κ3) is 4.00. The van der Waals surface area contributed by atoms with Gasteiger partial charge in [0.05, 0.1) is 13.0 Å². The van der Waals surface area contributed by atoms with Crippen LogP contribution in [-0.4, -0.2) is 30.3 Å². The van der Waals surface area contributed by atoms with E-state index in [1.807, 2.05) is 13.8 Å². The number of carbonyl (C=O) groups excluding carboxylic acids is 3. The first kappa shape index (κ1) is 12.7. The summed E-state index contributed by atoms with van der Waals surface area (Å²) >= 11 is 0. The Hall–Kier alpha value is -1.39. The molecule has 1 aliphatic heterocycles. The maximum Gasteiger partial charge on any atom is 0.328 e. The van der Waals surface area contributed by atoms with Crippen molar-refractivity contribution in [1.29, 1.82) is 0 Å². The number of hydrogen-bond acceptors (Lipinski definition) is 4. The minimum absolute atomic E-state index is 0.0983. The predicted octanol–water partition coefficient (Wildman–Crippen LogP) is 0.423. The van der Waals surface area contributed by atoms with Crippen molar-refractivity contribution in [3.8, 4) is 0 Å². The van der Waals surface area contributed by atoms with E-state index in [0.29, 0.717) is 19.4 Å². The van der Waals surface area contributed by atoms with Crippen LogP contribution in [0.3, 0.4) is 0 Å². The van der Waals surface area contributed by atoms with Gasteiger partial charge < -0.3 is 10.1 Å². The van der Waals surface area contributed by atoms with E-state index >= 15 is 0 Å². The highest BCUT2D eigenvalue weighted by Gasteiger charge is 2.28. The normalized spacial score (nSPS) is 19.7. The van der Waals surface area contributed by atoms with Crippen LogP contribution in [0.2, 0.25) is 0 Å². The van der Waals surface area contributed by atoms with Gasteiger partial charge in [-0.1, -0.05) is 13.8 Å². The molecule has 0 spiro atoms. The number of nitrogens with one attached hydrogen (secondary N) is 1. The monoisotopic (exact) mass is 227 g/mol. The van der Waals surface area contributed by atoms with Crippen molar-refractivity contribution in [1.82, 2.24) is 5.32 Å². The van der Waals surface area contributed by atoms with Crippen molar-refractivity contribution in [2.45, 2.75) is 39.2 Å². The molecule has 0 bridgehead atoms. The van der Waals surface area contributed by atoms with Crippen molar-refractivity contribution in [2.75, 3.05) is 6.61 Å². The summed E-state index contributed by atoms with van der Waals surface area (Å²) in [5, 5.41) is 2.50. The fraction of sp³-hybridized carbons (Fsp3) is 0.727. The zero-order chi connectivity index (χ0) is 12.1. The van der Waals surface area contributed by atoms with Crippen LogP contribution in [0.1, 0.15) is 33.1 Å². The van der Waals surface area contributed by atoms with Crippen LogP contribution in [0.15, 0.2) is 0 Å². The summed E-state index contributed by atoms with van der Waals surface area (Å²) < 4.78 is 4.70. The SMILES string of the molecule is CC(C)CC(=O)CC(=O)N[C@@H]1CCOC1=O. The van der Waals surface area contributed by atoms with Crippen LogP contribution in [0, 0.1) is 5.92 Å². The third-order valence-electron chi connectivity index (χ3n) is 2.26. The number of rotatable bonds is 5. The van der Waals surface area contributed by atoms with E-state index < -0.39 is 17.9 Å². The van der Waals surface area contributed by atoms with Crippen LogP contribution in [0.5, 0.6) is 0 Å². The average molecular weight is 227 g/mol. The first-order chi connectivity index (χ1) is 7.49. The molecule has 1 N–H and O–H groups in total. The molecule has 1 fully saturated rings. The molecule has 0 aromatic heterocycles. The third-order valence-corrected chi connectivity index (χ3v) is 2.26. The fourth-order valence-electron chi connectivity index (χ4n) is 1.58. The maximum atomic E-state index is 11.4. The lowest BCUT2D eigenvalue weighted by Gasteiger charge is -2.08. The van der Waals surface area contributed by atoms with E-state index in [1.54, 1.807) is 0 Å². The molecule has 1 heterocycles. The summed E-state index contributed by atoms with van der Waals surface area (Å²) in [7, 11) is 0. The van der Waals surface area contributed by atoms with Crippen molar-refractivity contribution >= 4 is 17.7 Å². The lowest BCUT2D eigenvalue weighted by atomic mass is 10.0. The minimum Gasteiger partial charge on any atom is -0.464 e. The summed E-state index contributed by atoms with van der Waals surface area (Å²) in [6.45, 7) is 4.18. The number of carbonyl (C=O) groups is 3. The van der Waals surface area contributed by atoms with Crippen LogP contribution in [0.25, 0.3) is 0 Å². The molecule has 0 radical (unpaired) electrons. The number of amides is 1. The van der Waals surface area contributed by atoms with Gasteiger partial charge in [0.2, 0.25) is 5.91 Å². The van der Waals surface area contributed by atoms with Gasteiger partial charge in [-0.25, -0.2) is 4.79 Å². The number of ether oxygens (including phenoxy) is 1. The van der Waals surface area contributed by atoms with Gasteiger partial charge in [-0.15, -0.1) is 0 Å². The Balaban J connectivity index is 2.30. The molecule has 0 unspecified atom stereocenters. The van der Waals surface area contributed by atoms with E-state index in [4.69, 9.17) is 4.74 Å². The van der Waals surface area contributed by atoms with Gasteiger partial charge in [0.25, 0.3) is 0 Å². The summed E-state index contributed by atoms with van der Waals surface area (Å²) in [4.78, 5) is 33.8. The Morgan fingerprint density at radius 1 is 1.50 bits per heavy atom. The van der Waals surface area contributed by atoms with E-state index in [2.05, 4.69) is 5.32 Å². The number of hydrogen-bond donors (Lipinski definition) is 1. The van der Waals surface area contributed by atoms with Gasteiger partial charge in [0.1, 0.15) is 11.8 Å². The standard InChI is InChI=1S/C11H17NO4/c1-7(2)5-8(13)6-10(14)12-9-3-4-16-11(9)15/h7,9H,3-6H2,1-2H3,(H,12,14)/t9-/m1/s1. The van der Waals surface area contributed by atoms with Gasteiger partial charge in [-0.3, -0.25) is 9.59 Å². The highest BCUT2D eigenvalue weighted by Crippen LogP contribution is 2.07. The molecule has 5 nitrogen and oxygen atoms in total. The largest absolute Gasteiger partial charge is 0.464 e. The lowest BCUT2D eigenvalue weighted by molar-refractivity contribution is -0.142. The van der Waals surface area contributed by atoms with Gasteiger partial charge in [-0.05, 0) is 5.92 Å². The van der Waals surface area contributed by atoms with Gasteiger partial charge in [0.15, 0.2) is 0 Å². The van der Waals surface area contributed by atoms with Crippen molar-refractivity contribution in [3.63, 3.8) is 0 Å². The second-order valence-electron chi connectivity index (χ2n) is 4.39. The summed E-state index contributed by atoms with van der Waals surface area (Å²) in [5.74, 6) is -0.658. The maximum absolute atomic E-state index is 11.4. The van der Waals surface area contributed by atoms with E-state index in [1.165, 1.54) is 0 Å². The van der Waals surface area contributed by atoms with E-state index in [-0.39, 0.29) is 18.1 Å². The number of esters is 1. The smallest absolute Gasteiger partial charge is 0.328 e. The quantitative estimate of drug-likeness (QED) is 0.546. The molecular formula is C11H17NO4. The van der Waals surface area contributed by atoms with Crippen LogP contribution in [-0.2, 0) is 19.1 Å². The first-order valence-corrected chi connectivity index (χ1v) is 5.46. The van der Waals surface area contributed by atoms with Gasteiger partial charge in [-0.2, -0.15) is 0 Å². The Labute approximate surface area is 94.5 Å². The first-order valence-electron chi connectivity index (χ1n) is 5.46. The van der Waals surface area contributed by atoms with Gasteiger partial charge >= 0.3 is 5.97 Å². The highest BCUT2D eigenvalue weighted by atomic mass is 16.5. The number of cyclic esters (lactones) is 1. The summed E-state index contributed by atoms with van der Waals surface area (Å²) in [5.41, 5.74) is 0. The van der Waals surface area contributed by atoms with Crippen LogP contribution in [0.4, 0.5) is 0 Å². The van der Waals surface area contributed by atoms with E-state index in [9.17, 15) is 14.4 Å². The van der Waals surface area contributed by atoms with Crippen molar-refractivity contribution < 1.29 is 19.1 Å². The molecule has 0 aromatic rings. The van der Waals surface area contributed by atoms with Crippen LogP contribution >= 0.6 is 0 Å². The Morgan fingerprint density at radius 3 is 2.69 bits per heavy atom. The number of ketones is 1. The fourth-order valence-corrected chi connectivity index (χ4v) is 1.58. The summed E-state index contributed by atoms with van der Waals surface area (Å²) in [6, 6.07) is -0.570. The second-order valence-corrected chi connectivity index (χ2v) is 4.39. The molecular weight excluding hydrogens is 210 g/mol. The van der Waals surface area contributed by atoms with Crippen molar-refractivity contribution in [2.24, 2.45) is 5.92 Å². The molecule has 1 saturated heterocycles. The predicted molar refractivity (Wildman–Crippen MR) is 56.6 cm³/mol. The Kier molecular flexibility index (Phi) is 4.46. The molecule has 5 heteroatoms. The topological polar surface area (TPSA) is 72.5 Å². The molecule has 0 aromatic carbocycles. The lowest BCUT2D eigenvalue weighted by Crippen LogP contribution is -2.38. The van der Waals surface area contributed by atoms with E-state index in [0.717, 1.165) is 0 Å². The zero-order valence-corrected chi connectivity index (χ0v) is 9.62. The van der Waals surface area contributed by atoms with Crippen LogP contribution < -0.4 is 5.32 Å². The molecule has 1 aliphatic rings. The molecule has 1 atom stereocenters. The number of Topliss-reactive ketones (excluding diaryl/α,β-unsaturated/α-hetero) is 1. The molecule has 1 rings (SSSR count). The molecule has 0 aliphatic carbocycles. The highest BCUT2D eigenvalue weighted by molar-refractivity contribution is 5.99. The Morgan fingerprint density at radius 2 is 2.19 bits per heavy atom. The molecule has 90 valence electrons. The average Bonchev–Trinajstić information content (AvgIpc) is 2.49. The molecule has 1 amide bonds. The minimum atomic E-state index is -0.570. The summed E-state index contributed by atoms with van der Waals surface area (Å²) in [6.07, 6.45) is 0.730. The molecule has 16 heavy (non-hydrogen) atoms.